The lowest BCUT2D eigenvalue weighted by Crippen LogP contribution is -2.13. The van der Waals surface area contributed by atoms with Crippen LogP contribution < -0.4 is 4.18 Å². The van der Waals surface area contributed by atoms with Crippen molar-refractivity contribution in [3.05, 3.63) is 24.4 Å². The van der Waals surface area contributed by atoms with E-state index in [2.05, 4.69) is 9.17 Å². The van der Waals surface area contributed by atoms with Gasteiger partial charge in [-0.15, -0.1) is 0 Å². The predicted molar refractivity (Wildman–Crippen MR) is 40.9 cm³/mol. The average Bonchev–Trinajstić information content (AvgIpc) is 2.06. The van der Waals surface area contributed by atoms with Crippen LogP contribution in [0.3, 0.4) is 0 Å². The van der Waals surface area contributed by atoms with Crippen molar-refractivity contribution in [2.24, 2.45) is 0 Å². The van der Waals surface area contributed by atoms with Gasteiger partial charge < -0.3 is 9.29 Å². The maximum atomic E-state index is 10.7. The number of pyridine rings is 1. The van der Waals surface area contributed by atoms with E-state index in [9.17, 15) is 8.42 Å². The summed E-state index contributed by atoms with van der Waals surface area (Å²) in [4.78, 5) is 3.60. The normalized spacial score (nSPS) is 11.1. The van der Waals surface area contributed by atoms with Crippen molar-refractivity contribution in [2.45, 2.75) is 0 Å². The zero-order chi connectivity index (χ0) is 9.03. The Bertz CT molecular complexity index is 334. The van der Waals surface area contributed by atoms with Crippen LogP contribution in [0.15, 0.2) is 24.4 Å². The number of aliphatic hydroxyl groups is 1. The second kappa shape index (κ2) is 3.51. The number of hydrogen-bond acceptors (Lipinski definition) is 5. The van der Waals surface area contributed by atoms with Crippen LogP contribution >= 0.6 is 0 Å². The molecular formula is C6H7NO4S. The first kappa shape index (κ1) is 8.95. The van der Waals surface area contributed by atoms with Gasteiger partial charge in [0.25, 0.3) is 0 Å². The van der Waals surface area contributed by atoms with Crippen molar-refractivity contribution in [3.8, 4) is 5.88 Å². The highest BCUT2D eigenvalue weighted by Gasteiger charge is 2.10. The Balaban J connectivity index is 2.78. The van der Waals surface area contributed by atoms with Gasteiger partial charge in [0.1, 0.15) is 0 Å². The Morgan fingerprint density at radius 1 is 1.50 bits per heavy atom. The van der Waals surface area contributed by atoms with E-state index in [1.165, 1.54) is 12.3 Å². The fraction of sp³-hybridized carbons (Fsp3) is 0.167. The topological polar surface area (TPSA) is 76.5 Å². The Kier molecular flexibility index (Phi) is 2.61. The lowest BCUT2D eigenvalue weighted by molar-refractivity contribution is 0.337. The Morgan fingerprint density at radius 3 is 2.75 bits per heavy atom. The molecule has 1 rings (SSSR count). The lowest BCUT2D eigenvalue weighted by atomic mass is 10.5. The van der Waals surface area contributed by atoms with Gasteiger partial charge in [-0.2, -0.15) is 8.42 Å². The number of rotatable bonds is 3. The predicted octanol–water partition coefficient (Wildman–Crippen LogP) is -0.260. The molecule has 0 atom stereocenters. The summed E-state index contributed by atoms with van der Waals surface area (Å²) < 4.78 is 25.7. The standard InChI is InChI=1S/C6H7NO4S/c8-5-12(9,10)11-6-3-1-2-4-7-6/h1-4,8H,5H2. The molecule has 0 radical (unpaired) electrons. The molecule has 1 aromatic rings. The second-order valence-corrected chi connectivity index (χ2v) is 3.48. The SMILES string of the molecule is O=S(=O)(CO)Oc1ccccn1. The molecule has 1 N–H and O–H groups in total. The van der Waals surface area contributed by atoms with E-state index in [0.717, 1.165) is 0 Å². The van der Waals surface area contributed by atoms with E-state index >= 15 is 0 Å². The highest BCUT2D eigenvalue weighted by atomic mass is 32.2. The molecule has 0 unspecified atom stereocenters. The van der Waals surface area contributed by atoms with Crippen molar-refractivity contribution in [1.82, 2.24) is 4.98 Å². The molecule has 0 aliphatic rings. The molecule has 5 nitrogen and oxygen atoms in total. The first-order valence-electron chi connectivity index (χ1n) is 3.08. The molecule has 0 saturated carbocycles. The minimum absolute atomic E-state index is 0.0495. The summed E-state index contributed by atoms with van der Waals surface area (Å²) in [5.74, 6) is -1.10. The number of aromatic nitrogens is 1. The Morgan fingerprint density at radius 2 is 2.25 bits per heavy atom. The molecule has 0 fully saturated rings. The number of nitrogens with zero attached hydrogens (tertiary/aromatic N) is 1. The number of aliphatic hydroxyl groups excluding tert-OH is 1. The maximum Gasteiger partial charge on any atom is 0.334 e. The van der Waals surface area contributed by atoms with Gasteiger partial charge in [0.05, 0.1) is 0 Å². The van der Waals surface area contributed by atoms with Crippen molar-refractivity contribution in [2.75, 3.05) is 5.94 Å². The van der Waals surface area contributed by atoms with Gasteiger partial charge in [0.15, 0.2) is 5.94 Å². The highest BCUT2D eigenvalue weighted by Crippen LogP contribution is 2.06. The summed E-state index contributed by atoms with van der Waals surface area (Å²) in [6.45, 7) is 0. The fourth-order valence-corrected chi connectivity index (χ4v) is 0.964. The second-order valence-electron chi connectivity index (χ2n) is 1.94. The minimum atomic E-state index is -3.88. The molecule has 6 heteroatoms. The lowest BCUT2D eigenvalue weighted by Gasteiger charge is -2.01. The van der Waals surface area contributed by atoms with E-state index in [0.29, 0.717) is 0 Å². The monoisotopic (exact) mass is 189 g/mol. The summed E-state index contributed by atoms with van der Waals surface area (Å²) in [5.41, 5.74) is 0. The molecule has 0 amide bonds. The molecule has 0 spiro atoms. The molecule has 0 aliphatic carbocycles. The first-order chi connectivity index (χ1) is 5.64. The quantitative estimate of drug-likeness (QED) is 0.663. The fourth-order valence-electron chi connectivity index (χ4n) is 0.553. The van der Waals surface area contributed by atoms with Gasteiger partial charge in [-0.25, -0.2) is 4.98 Å². The largest absolute Gasteiger partial charge is 0.377 e. The molecule has 0 aliphatic heterocycles. The maximum absolute atomic E-state index is 10.7. The summed E-state index contributed by atoms with van der Waals surface area (Å²) in [6, 6.07) is 4.58. The van der Waals surface area contributed by atoms with Crippen LogP contribution in [0.1, 0.15) is 0 Å². The third-order valence-corrected chi connectivity index (χ3v) is 1.75. The van der Waals surface area contributed by atoms with Crippen molar-refractivity contribution in [3.63, 3.8) is 0 Å². The Labute approximate surface area is 69.8 Å². The van der Waals surface area contributed by atoms with E-state index in [4.69, 9.17) is 5.11 Å². The summed E-state index contributed by atoms with van der Waals surface area (Å²) >= 11 is 0. The van der Waals surface area contributed by atoms with Crippen LogP contribution in [0.5, 0.6) is 5.88 Å². The molecule has 1 aromatic heterocycles. The van der Waals surface area contributed by atoms with Crippen LogP contribution in [-0.4, -0.2) is 24.4 Å². The van der Waals surface area contributed by atoms with Crippen LogP contribution in [-0.2, 0) is 10.1 Å². The van der Waals surface area contributed by atoms with Crippen molar-refractivity contribution in [1.29, 1.82) is 0 Å². The van der Waals surface area contributed by atoms with Crippen LogP contribution in [0.4, 0.5) is 0 Å². The average molecular weight is 189 g/mol. The van der Waals surface area contributed by atoms with Gasteiger partial charge in [-0.05, 0) is 6.07 Å². The first-order valence-corrected chi connectivity index (χ1v) is 4.66. The van der Waals surface area contributed by atoms with Gasteiger partial charge in [-0.1, -0.05) is 6.07 Å². The number of hydrogen-bond donors (Lipinski definition) is 1. The summed E-state index contributed by atoms with van der Waals surface area (Å²) in [7, 11) is -3.88. The Hall–Kier alpha value is -1.14. The minimum Gasteiger partial charge on any atom is -0.377 e. The molecule has 0 saturated heterocycles. The van der Waals surface area contributed by atoms with Gasteiger partial charge in [0.2, 0.25) is 5.88 Å². The highest BCUT2D eigenvalue weighted by molar-refractivity contribution is 7.86. The third-order valence-electron chi connectivity index (χ3n) is 1.01. The van der Waals surface area contributed by atoms with E-state index < -0.39 is 16.1 Å². The summed E-state index contributed by atoms with van der Waals surface area (Å²) in [5, 5.41) is 8.31. The van der Waals surface area contributed by atoms with Gasteiger partial charge in [-0.3, -0.25) is 0 Å². The van der Waals surface area contributed by atoms with Gasteiger partial charge >= 0.3 is 10.1 Å². The smallest absolute Gasteiger partial charge is 0.334 e. The zero-order valence-corrected chi connectivity index (χ0v) is 6.86. The zero-order valence-electron chi connectivity index (χ0n) is 6.04. The van der Waals surface area contributed by atoms with Crippen LogP contribution in [0.25, 0.3) is 0 Å². The van der Waals surface area contributed by atoms with E-state index in [1.54, 1.807) is 12.1 Å². The van der Waals surface area contributed by atoms with Crippen molar-refractivity contribution < 1.29 is 17.7 Å². The third kappa shape index (κ3) is 2.48. The van der Waals surface area contributed by atoms with E-state index in [-0.39, 0.29) is 5.88 Å². The molecule has 0 bridgehead atoms. The molecule has 12 heavy (non-hydrogen) atoms. The molecule has 0 aromatic carbocycles. The summed E-state index contributed by atoms with van der Waals surface area (Å²) in [6.07, 6.45) is 1.39. The molecule has 66 valence electrons. The molecular weight excluding hydrogens is 182 g/mol. The van der Waals surface area contributed by atoms with Crippen LogP contribution in [0.2, 0.25) is 0 Å². The van der Waals surface area contributed by atoms with Crippen LogP contribution in [0, 0.1) is 0 Å². The van der Waals surface area contributed by atoms with Crippen molar-refractivity contribution >= 4 is 10.1 Å². The van der Waals surface area contributed by atoms with E-state index in [1.807, 2.05) is 0 Å². The molecule has 1 heterocycles. The van der Waals surface area contributed by atoms with Gasteiger partial charge in [0, 0.05) is 12.3 Å².